The Bertz CT molecular complexity index is 2430. The van der Waals surface area contributed by atoms with Gasteiger partial charge < -0.3 is 18.1 Å². The molecule has 6 aromatic rings. The minimum Gasteiger partial charge on any atom is -0.413 e. The number of nitrogens with zero attached hydrogens (tertiary/aromatic N) is 5. The molecule has 3 aliphatic heterocycles. The van der Waals surface area contributed by atoms with Gasteiger partial charge in [-0.25, -0.2) is 0 Å². The van der Waals surface area contributed by atoms with E-state index in [0.717, 1.165) is 22.3 Å². The highest BCUT2D eigenvalue weighted by atomic mass is 33.1. The second-order valence-corrected chi connectivity index (χ2v) is 23.7. The fourth-order valence-electron chi connectivity index (χ4n) is 5.88. The predicted molar refractivity (Wildman–Crippen MR) is 212 cm³/mol. The Morgan fingerprint density at radius 3 is 1.07 bits per heavy atom. The maximum atomic E-state index is 11.6. The third-order valence-electron chi connectivity index (χ3n) is 8.22. The lowest BCUT2D eigenvalue weighted by molar-refractivity contribution is -0.385. The maximum Gasteiger partial charge on any atom is 0.456 e. The minimum absolute atomic E-state index is 0.0810. The van der Waals surface area contributed by atoms with Gasteiger partial charge in [-0.1, -0.05) is 77.3 Å². The van der Waals surface area contributed by atoms with Crippen LogP contribution in [0.4, 0.5) is 11.4 Å². The molecule has 2 spiro atoms. The molecule has 13 nitrogen and oxygen atoms in total. The first-order valence-electron chi connectivity index (χ1n) is 16.1. The first kappa shape index (κ1) is 34.5. The highest BCUT2D eigenvalue weighted by Gasteiger charge is 2.48. The smallest absolute Gasteiger partial charge is 0.413 e. The van der Waals surface area contributed by atoms with Crippen molar-refractivity contribution in [2.45, 2.75) is 9.79 Å². The van der Waals surface area contributed by atoms with Crippen molar-refractivity contribution < 1.29 is 27.9 Å². The molecule has 9 rings (SSSR count). The van der Waals surface area contributed by atoms with E-state index in [9.17, 15) is 20.2 Å². The van der Waals surface area contributed by atoms with Crippen LogP contribution in [0.15, 0.2) is 169 Å². The standard InChI is InChI=1S/C36H24N5O8P3S2/c42-40(43)25-17-21-27(22-18-25)53-52(54-28-23-19-26(20-24-28)41(44)45)38-50(46-33-13-5-1-9-29(33)30-10-2-6-14-34(30)47-50)37-51(39-52)48-35-15-7-3-11-31(35)32-12-4-8-16-36(32)49-51/h1-24H. The number of fused-ring (bicyclic) bond motifs is 6. The van der Waals surface area contributed by atoms with Crippen molar-refractivity contribution in [2.75, 3.05) is 0 Å². The van der Waals surface area contributed by atoms with Gasteiger partial charge in [0.15, 0.2) is 0 Å². The third kappa shape index (κ3) is 6.48. The van der Waals surface area contributed by atoms with E-state index < -0.39 is 30.8 Å². The molecule has 0 saturated carbocycles. The maximum absolute atomic E-state index is 11.6. The lowest BCUT2D eigenvalue weighted by Gasteiger charge is -2.32. The zero-order chi connectivity index (χ0) is 36.9. The lowest BCUT2D eigenvalue weighted by Crippen LogP contribution is -2.05. The number of para-hydroxylation sites is 4. The normalized spacial score (nSPS) is 16.2. The molecule has 0 aromatic heterocycles. The van der Waals surface area contributed by atoms with Crippen LogP contribution in [0.25, 0.3) is 22.3 Å². The van der Waals surface area contributed by atoms with Gasteiger partial charge in [-0.2, -0.15) is 0 Å². The molecule has 3 aliphatic rings. The van der Waals surface area contributed by atoms with Crippen LogP contribution in [-0.4, -0.2) is 9.85 Å². The van der Waals surface area contributed by atoms with Crippen molar-refractivity contribution in [2.24, 2.45) is 13.5 Å². The topological polar surface area (TPSA) is 160 Å². The number of hydrogen-bond donors (Lipinski definition) is 0. The zero-order valence-corrected chi connectivity index (χ0v) is 31.8. The van der Waals surface area contributed by atoms with Crippen LogP contribution < -0.4 is 18.1 Å². The van der Waals surface area contributed by atoms with Crippen molar-refractivity contribution in [3.8, 4) is 45.3 Å². The zero-order valence-electron chi connectivity index (χ0n) is 27.5. The van der Waals surface area contributed by atoms with Crippen molar-refractivity contribution in [1.29, 1.82) is 0 Å². The van der Waals surface area contributed by atoms with Crippen LogP contribution in [0, 0.1) is 20.2 Å². The van der Waals surface area contributed by atoms with Crippen molar-refractivity contribution >= 4 is 55.1 Å². The molecule has 0 fully saturated rings. The Hall–Kier alpha value is -5.29. The van der Waals surface area contributed by atoms with Crippen LogP contribution in [0.1, 0.15) is 0 Å². The summed E-state index contributed by atoms with van der Waals surface area (Å²) in [4.78, 5) is 23.5. The first-order valence-corrected chi connectivity index (χ1v) is 23.7. The van der Waals surface area contributed by atoms with Gasteiger partial charge in [0.25, 0.3) is 11.4 Å². The van der Waals surface area contributed by atoms with E-state index in [2.05, 4.69) is 0 Å². The van der Waals surface area contributed by atoms with E-state index in [1.807, 2.05) is 97.1 Å². The fourth-order valence-corrected chi connectivity index (χ4v) is 24.3. The summed E-state index contributed by atoms with van der Waals surface area (Å²) in [6.45, 7) is 0. The van der Waals surface area contributed by atoms with E-state index in [-0.39, 0.29) is 11.4 Å². The summed E-state index contributed by atoms with van der Waals surface area (Å²) in [6.07, 6.45) is 0. The van der Waals surface area contributed by atoms with Gasteiger partial charge in [0.05, 0.1) is 9.85 Å². The summed E-state index contributed by atoms with van der Waals surface area (Å²) in [7, 11) is -7.74. The minimum atomic E-state index is -3.87. The summed E-state index contributed by atoms with van der Waals surface area (Å²) < 4.78 is 43.8. The van der Waals surface area contributed by atoms with Crippen LogP contribution in [0.5, 0.6) is 23.0 Å². The second kappa shape index (κ2) is 13.5. The SMILES string of the molecule is O=[N+]([O-])c1ccc(SP2(Sc3ccc([N+](=O)[O-])cc3)=NP3(=NP4(=N2)Oc2ccccc2-c2ccccc2O4)Oc2ccccc2-c2ccccc2O3)cc1. The summed E-state index contributed by atoms with van der Waals surface area (Å²) >= 11 is 2.54. The van der Waals surface area contributed by atoms with Crippen LogP contribution in [0.2, 0.25) is 0 Å². The van der Waals surface area contributed by atoms with Crippen LogP contribution in [-0.2, 0) is 0 Å². The van der Waals surface area contributed by atoms with Gasteiger partial charge in [0.1, 0.15) is 23.0 Å². The van der Waals surface area contributed by atoms with Crippen molar-refractivity contribution in [1.82, 2.24) is 0 Å². The van der Waals surface area contributed by atoms with Gasteiger partial charge in [0.2, 0.25) is 5.61 Å². The molecule has 3 heterocycles. The molecular formula is C36H24N5O8P3S2. The van der Waals surface area contributed by atoms with Crippen LogP contribution in [0.3, 0.4) is 0 Å². The van der Waals surface area contributed by atoms with E-state index in [1.54, 1.807) is 24.3 Å². The lowest BCUT2D eigenvalue weighted by atomic mass is 10.0. The summed E-state index contributed by atoms with van der Waals surface area (Å²) in [5, 5.41) is 23.2. The molecule has 0 atom stereocenters. The van der Waals surface area contributed by atoms with Gasteiger partial charge in [-0.3, -0.25) is 20.2 Å². The van der Waals surface area contributed by atoms with Gasteiger partial charge in [-0.05, 0) is 71.3 Å². The molecule has 54 heavy (non-hydrogen) atoms. The van der Waals surface area contributed by atoms with Gasteiger partial charge >= 0.3 is 15.3 Å². The highest BCUT2D eigenvalue weighted by Crippen LogP contribution is 2.89. The highest BCUT2D eigenvalue weighted by molar-refractivity contribution is 8.91. The Labute approximate surface area is 316 Å². The van der Waals surface area contributed by atoms with E-state index in [1.165, 1.54) is 47.0 Å². The average molecular weight is 812 g/mol. The summed E-state index contributed by atoms with van der Waals surface area (Å²) in [6, 6.07) is 42.3. The van der Waals surface area contributed by atoms with Gasteiger partial charge in [-0.15, -0.1) is 9.03 Å². The van der Waals surface area contributed by atoms with Crippen molar-refractivity contribution in [3.63, 3.8) is 0 Å². The average Bonchev–Trinajstić information content (AvgIpc) is 3.37. The summed E-state index contributed by atoms with van der Waals surface area (Å²) in [5.74, 6) is 1.94. The van der Waals surface area contributed by atoms with Crippen molar-refractivity contribution in [3.05, 3.63) is 166 Å². The molecule has 0 saturated heterocycles. The van der Waals surface area contributed by atoms with E-state index >= 15 is 0 Å². The Balaban J connectivity index is 1.35. The molecule has 18 heteroatoms. The van der Waals surface area contributed by atoms with E-state index in [4.69, 9.17) is 31.6 Å². The molecule has 0 N–H and O–H groups in total. The number of rotatable bonds is 6. The first-order chi connectivity index (χ1) is 26.2. The predicted octanol–water partition coefficient (Wildman–Crippen LogP) is 13.5. The number of hydrogen-bond acceptors (Lipinski definition) is 13. The Morgan fingerprint density at radius 1 is 0.426 bits per heavy atom. The molecule has 0 bridgehead atoms. The number of non-ortho nitro benzene ring substituents is 2. The van der Waals surface area contributed by atoms with Crippen LogP contribution >= 0.6 is 43.7 Å². The molecule has 0 amide bonds. The Morgan fingerprint density at radius 2 is 0.741 bits per heavy atom. The quantitative estimate of drug-likeness (QED) is 0.0899. The molecule has 268 valence electrons. The Kier molecular flexibility index (Phi) is 8.64. The monoisotopic (exact) mass is 811 g/mol. The largest absolute Gasteiger partial charge is 0.456 e. The molecule has 0 radical (unpaired) electrons. The number of nitro benzene ring substituents is 2. The summed E-state index contributed by atoms with van der Waals surface area (Å²) in [5.41, 5.74) is -0.473. The second-order valence-electron chi connectivity index (χ2n) is 11.8. The molecular weight excluding hydrogens is 787 g/mol. The van der Waals surface area contributed by atoms with E-state index in [0.29, 0.717) is 32.8 Å². The van der Waals surface area contributed by atoms with Gasteiger partial charge in [0, 0.05) is 56.3 Å². The number of benzene rings is 6. The molecule has 0 unspecified atom stereocenters. The fraction of sp³-hybridized carbons (Fsp3) is 0. The third-order valence-corrected chi connectivity index (χ3v) is 23.5. The number of nitro groups is 2. The molecule has 6 aromatic carbocycles. The molecule has 0 aliphatic carbocycles.